The highest BCUT2D eigenvalue weighted by Crippen LogP contribution is 2.41. The van der Waals surface area contributed by atoms with E-state index in [1.807, 2.05) is 6.92 Å². The summed E-state index contributed by atoms with van der Waals surface area (Å²) in [5.41, 5.74) is 2.09. The lowest BCUT2D eigenvalue weighted by atomic mass is 10.1. The average molecular weight is 237 g/mol. The van der Waals surface area contributed by atoms with E-state index in [9.17, 15) is 4.79 Å². The summed E-state index contributed by atoms with van der Waals surface area (Å²) < 4.78 is 9.31. The van der Waals surface area contributed by atoms with Crippen LogP contribution in [-0.2, 0) is 6.54 Å². The molecule has 2 N–H and O–H groups in total. The normalized spacial score (nSPS) is 12.8. The van der Waals surface area contributed by atoms with Crippen molar-refractivity contribution in [2.75, 3.05) is 5.32 Å². The van der Waals surface area contributed by atoms with Crippen molar-refractivity contribution in [3.05, 3.63) is 16.3 Å². The van der Waals surface area contributed by atoms with Crippen LogP contribution >= 0.6 is 11.5 Å². The van der Waals surface area contributed by atoms with Gasteiger partial charge < -0.3 is 14.9 Å². The molecule has 2 aromatic heterocycles. The van der Waals surface area contributed by atoms with Gasteiger partial charge in [-0.05, 0) is 18.5 Å². The van der Waals surface area contributed by atoms with Crippen molar-refractivity contribution < 1.29 is 14.4 Å². The molecule has 0 aliphatic carbocycles. The first-order chi connectivity index (χ1) is 7.68. The number of carboxylic acids is 1. The number of carbonyl (C=O) groups is 1. The summed E-state index contributed by atoms with van der Waals surface area (Å²) in [6, 6.07) is 0. The molecule has 0 atom stereocenters. The molecular formula is C9H7N3O3S. The van der Waals surface area contributed by atoms with Crippen molar-refractivity contribution >= 4 is 23.2 Å². The molecule has 1 aliphatic heterocycles. The third-order valence-electron chi connectivity index (χ3n) is 2.48. The maximum Gasteiger partial charge on any atom is 0.360 e. The molecule has 0 spiro atoms. The SMILES string of the molecule is Cc1nsc2c1-c1onc(C(=O)O)c1NC2. The summed E-state index contributed by atoms with van der Waals surface area (Å²) in [6.45, 7) is 2.43. The Morgan fingerprint density at radius 3 is 3.19 bits per heavy atom. The molecule has 16 heavy (non-hydrogen) atoms. The van der Waals surface area contributed by atoms with Crippen molar-refractivity contribution in [1.82, 2.24) is 9.53 Å². The summed E-state index contributed by atoms with van der Waals surface area (Å²) >= 11 is 1.39. The summed E-state index contributed by atoms with van der Waals surface area (Å²) in [4.78, 5) is 11.9. The van der Waals surface area contributed by atoms with E-state index in [2.05, 4.69) is 14.8 Å². The molecule has 2 aromatic rings. The maximum atomic E-state index is 10.9. The smallest absolute Gasteiger partial charge is 0.360 e. The van der Waals surface area contributed by atoms with Gasteiger partial charge in [0, 0.05) is 0 Å². The Bertz CT molecular complexity index is 587. The van der Waals surface area contributed by atoms with Crippen LogP contribution in [0.25, 0.3) is 11.3 Å². The summed E-state index contributed by atoms with van der Waals surface area (Å²) in [5, 5.41) is 15.5. The second-order valence-corrected chi connectivity index (χ2v) is 4.32. The average Bonchev–Trinajstić information content (AvgIpc) is 2.81. The second kappa shape index (κ2) is 3.05. The molecule has 0 amide bonds. The lowest BCUT2D eigenvalue weighted by molar-refractivity contribution is 0.0687. The number of aromatic nitrogens is 2. The number of nitrogens with one attached hydrogen (secondary N) is 1. The standard InChI is InChI=1S/C9H7N3O3S/c1-3-5-4(16-12-3)2-10-6-7(9(13)14)11-15-8(5)6/h10H,2H2,1H3,(H,13,14). The Labute approximate surface area is 94.0 Å². The molecule has 3 heterocycles. The number of anilines is 1. The zero-order valence-corrected chi connectivity index (χ0v) is 9.09. The second-order valence-electron chi connectivity index (χ2n) is 3.46. The van der Waals surface area contributed by atoms with E-state index in [4.69, 9.17) is 9.63 Å². The summed E-state index contributed by atoms with van der Waals surface area (Å²) in [7, 11) is 0. The molecule has 0 bridgehead atoms. The number of aromatic carboxylic acids is 1. The van der Waals surface area contributed by atoms with Crippen LogP contribution in [0.2, 0.25) is 0 Å². The minimum Gasteiger partial charge on any atom is -0.476 e. The number of nitrogens with zero attached hydrogens (tertiary/aromatic N) is 2. The highest BCUT2D eigenvalue weighted by Gasteiger charge is 2.30. The van der Waals surface area contributed by atoms with Crippen LogP contribution in [0.4, 0.5) is 5.69 Å². The molecule has 1 aliphatic rings. The fourth-order valence-corrected chi connectivity index (χ4v) is 2.57. The first kappa shape index (κ1) is 9.34. The van der Waals surface area contributed by atoms with Crippen LogP contribution in [-0.4, -0.2) is 20.6 Å². The maximum absolute atomic E-state index is 10.9. The number of carboxylic acid groups (broad SMARTS) is 1. The van der Waals surface area contributed by atoms with Crippen LogP contribution in [0.1, 0.15) is 21.1 Å². The van der Waals surface area contributed by atoms with E-state index in [1.165, 1.54) is 11.5 Å². The van der Waals surface area contributed by atoms with E-state index in [0.717, 1.165) is 16.1 Å². The van der Waals surface area contributed by atoms with Gasteiger partial charge in [0.05, 0.1) is 22.7 Å². The van der Waals surface area contributed by atoms with Gasteiger partial charge in [0.1, 0.15) is 5.69 Å². The number of fused-ring (bicyclic) bond motifs is 3. The molecule has 0 unspecified atom stereocenters. The predicted octanol–water partition coefficient (Wildman–Crippen LogP) is 1.73. The molecule has 6 nitrogen and oxygen atoms in total. The zero-order chi connectivity index (χ0) is 11.3. The van der Waals surface area contributed by atoms with Gasteiger partial charge >= 0.3 is 5.97 Å². The monoisotopic (exact) mass is 237 g/mol. The van der Waals surface area contributed by atoms with Crippen molar-refractivity contribution in [2.45, 2.75) is 13.5 Å². The van der Waals surface area contributed by atoms with Gasteiger partial charge in [-0.15, -0.1) is 0 Å². The summed E-state index contributed by atoms with van der Waals surface area (Å²) in [6.07, 6.45) is 0. The van der Waals surface area contributed by atoms with Gasteiger partial charge in [0.15, 0.2) is 5.76 Å². The van der Waals surface area contributed by atoms with Crippen LogP contribution in [0.3, 0.4) is 0 Å². The van der Waals surface area contributed by atoms with Gasteiger partial charge in [-0.2, -0.15) is 4.37 Å². The third-order valence-corrected chi connectivity index (χ3v) is 3.41. The Morgan fingerprint density at radius 1 is 1.62 bits per heavy atom. The van der Waals surface area contributed by atoms with Crippen LogP contribution in [0, 0.1) is 6.92 Å². The van der Waals surface area contributed by atoms with Crippen LogP contribution < -0.4 is 5.32 Å². The molecule has 82 valence electrons. The largest absolute Gasteiger partial charge is 0.476 e. The molecule has 0 fully saturated rings. The lowest BCUT2D eigenvalue weighted by Crippen LogP contribution is -2.09. The van der Waals surface area contributed by atoms with E-state index >= 15 is 0 Å². The number of aryl methyl sites for hydroxylation is 1. The molecule has 0 aromatic carbocycles. The van der Waals surface area contributed by atoms with Crippen LogP contribution in [0.15, 0.2) is 4.52 Å². The molecule has 7 heteroatoms. The van der Waals surface area contributed by atoms with Gasteiger partial charge in [0.2, 0.25) is 5.69 Å². The Kier molecular flexibility index (Phi) is 1.78. The molecular weight excluding hydrogens is 230 g/mol. The first-order valence-corrected chi connectivity index (χ1v) is 5.38. The fourth-order valence-electron chi connectivity index (χ4n) is 1.77. The lowest BCUT2D eigenvalue weighted by Gasteiger charge is -2.12. The van der Waals surface area contributed by atoms with Crippen molar-refractivity contribution in [3.63, 3.8) is 0 Å². The minimum atomic E-state index is -1.10. The van der Waals surface area contributed by atoms with Gasteiger partial charge in [-0.3, -0.25) is 0 Å². The Morgan fingerprint density at radius 2 is 2.44 bits per heavy atom. The van der Waals surface area contributed by atoms with Gasteiger partial charge in [0.25, 0.3) is 0 Å². The number of hydrogen-bond acceptors (Lipinski definition) is 6. The molecule has 3 rings (SSSR count). The molecule has 0 saturated carbocycles. The molecule has 0 saturated heterocycles. The van der Waals surface area contributed by atoms with E-state index in [1.54, 1.807) is 0 Å². The summed E-state index contributed by atoms with van der Waals surface area (Å²) in [5.74, 6) is -0.619. The van der Waals surface area contributed by atoms with Gasteiger partial charge in [-0.1, -0.05) is 5.16 Å². The van der Waals surface area contributed by atoms with E-state index in [0.29, 0.717) is 18.0 Å². The van der Waals surface area contributed by atoms with Crippen molar-refractivity contribution in [1.29, 1.82) is 0 Å². The predicted molar refractivity (Wildman–Crippen MR) is 56.6 cm³/mol. The highest BCUT2D eigenvalue weighted by atomic mass is 32.1. The van der Waals surface area contributed by atoms with E-state index < -0.39 is 5.97 Å². The minimum absolute atomic E-state index is 0.0775. The Hall–Kier alpha value is -1.89. The number of rotatable bonds is 1. The Balaban J connectivity index is 2.26. The highest BCUT2D eigenvalue weighted by molar-refractivity contribution is 7.06. The van der Waals surface area contributed by atoms with Crippen molar-refractivity contribution in [3.8, 4) is 11.3 Å². The fraction of sp³-hybridized carbons (Fsp3) is 0.222. The molecule has 0 radical (unpaired) electrons. The third kappa shape index (κ3) is 1.09. The number of hydrogen-bond donors (Lipinski definition) is 2. The quantitative estimate of drug-likeness (QED) is 0.785. The van der Waals surface area contributed by atoms with Crippen molar-refractivity contribution in [2.24, 2.45) is 0 Å². The topological polar surface area (TPSA) is 88.2 Å². The van der Waals surface area contributed by atoms with Crippen LogP contribution in [0.5, 0.6) is 0 Å². The van der Waals surface area contributed by atoms with Gasteiger partial charge in [-0.25, -0.2) is 4.79 Å². The zero-order valence-electron chi connectivity index (χ0n) is 8.27. The first-order valence-electron chi connectivity index (χ1n) is 4.61. The van der Waals surface area contributed by atoms with E-state index in [-0.39, 0.29) is 5.69 Å².